The fraction of sp³-hybridized carbons (Fsp3) is 0.579. The van der Waals surface area contributed by atoms with Gasteiger partial charge in [0.25, 0.3) is 0 Å². The molecular formula is C19H28N4O3S2. The Hall–Kier alpha value is -1.71. The Bertz CT molecular complexity index is 948. The van der Waals surface area contributed by atoms with Crippen LogP contribution in [0.2, 0.25) is 0 Å². The van der Waals surface area contributed by atoms with Crippen LogP contribution in [-0.2, 0) is 21.4 Å². The van der Waals surface area contributed by atoms with Crippen LogP contribution in [0.15, 0.2) is 22.5 Å². The number of piperidine rings is 1. The van der Waals surface area contributed by atoms with E-state index in [9.17, 15) is 13.2 Å². The van der Waals surface area contributed by atoms with Gasteiger partial charge in [0.05, 0.1) is 5.69 Å². The predicted molar refractivity (Wildman–Crippen MR) is 111 cm³/mol. The van der Waals surface area contributed by atoms with Gasteiger partial charge in [-0.15, -0.1) is 11.3 Å². The van der Waals surface area contributed by atoms with Gasteiger partial charge in [-0.2, -0.15) is 0 Å². The second-order valence-electron chi connectivity index (χ2n) is 8.28. The third kappa shape index (κ3) is 5.01. The number of aromatic nitrogens is 2. The van der Waals surface area contributed by atoms with Crippen LogP contribution < -0.4 is 4.72 Å². The van der Waals surface area contributed by atoms with Crippen molar-refractivity contribution in [1.29, 1.82) is 0 Å². The minimum absolute atomic E-state index is 0.0116. The van der Waals surface area contributed by atoms with Gasteiger partial charge in [-0.1, -0.05) is 0 Å². The summed E-state index contributed by atoms with van der Waals surface area (Å²) >= 11 is 1.44. The van der Waals surface area contributed by atoms with Crippen LogP contribution in [0.5, 0.6) is 0 Å². The van der Waals surface area contributed by atoms with Crippen LogP contribution in [0.25, 0.3) is 10.7 Å². The Kier molecular flexibility index (Phi) is 5.97. The Morgan fingerprint density at radius 2 is 1.93 bits per heavy atom. The number of carbonyl (C=O) groups excluding carboxylic acids is 1. The summed E-state index contributed by atoms with van der Waals surface area (Å²) in [6.07, 6.45) is 4.73. The van der Waals surface area contributed by atoms with Crippen molar-refractivity contribution in [2.75, 3.05) is 13.1 Å². The lowest BCUT2D eigenvalue weighted by Crippen LogP contribution is -2.40. The molecule has 0 saturated carbocycles. The SMILES string of the molecule is Cc1csc(-c2cc(S(=O)(=O)NC(C)(C)C)cn2CC(=O)N2CCCCC2)n1. The molecule has 1 aliphatic heterocycles. The third-order valence-corrected chi connectivity index (χ3v) is 7.18. The van der Waals surface area contributed by atoms with Crippen molar-refractivity contribution in [3.8, 4) is 10.7 Å². The summed E-state index contributed by atoms with van der Waals surface area (Å²) < 4.78 is 30.0. The molecule has 2 aromatic heterocycles. The maximum atomic E-state index is 12.8. The molecule has 2 aromatic rings. The molecule has 154 valence electrons. The van der Waals surface area contributed by atoms with E-state index < -0.39 is 15.6 Å². The first-order valence-electron chi connectivity index (χ1n) is 9.50. The van der Waals surface area contributed by atoms with Gasteiger partial charge in [-0.3, -0.25) is 4.79 Å². The number of amides is 1. The van der Waals surface area contributed by atoms with E-state index in [1.807, 2.05) is 17.2 Å². The van der Waals surface area contributed by atoms with Crippen molar-refractivity contribution in [2.45, 2.75) is 63.9 Å². The molecule has 1 N–H and O–H groups in total. The predicted octanol–water partition coefficient (Wildman–Crippen LogP) is 3.01. The third-order valence-electron chi connectivity index (χ3n) is 4.47. The minimum Gasteiger partial charge on any atom is -0.341 e. The summed E-state index contributed by atoms with van der Waals surface area (Å²) in [5.74, 6) is 0.0116. The molecule has 0 spiro atoms. The highest BCUT2D eigenvalue weighted by Crippen LogP contribution is 2.28. The van der Waals surface area contributed by atoms with Crippen molar-refractivity contribution >= 4 is 27.3 Å². The highest BCUT2D eigenvalue weighted by atomic mass is 32.2. The molecule has 3 heterocycles. The molecule has 0 unspecified atom stereocenters. The lowest BCUT2D eigenvalue weighted by Gasteiger charge is -2.27. The molecule has 0 aliphatic carbocycles. The van der Waals surface area contributed by atoms with E-state index >= 15 is 0 Å². The first-order chi connectivity index (χ1) is 13.0. The summed E-state index contributed by atoms with van der Waals surface area (Å²) in [6.45, 7) is 8.93. The molecule has 28 heavy (non-hydrogen) atoms. The number of sulfonamides is 1. The lowest BCUT2D eigenvalue weighted by molar-refractivity contribution is -0.132. The molecular weight excluding hydrogens is 396 g/mol. The van der Waals surface area contributed by atoms with Crippen molar-refractivity contribution < 1.29 is 13.2 Å². The zero-order chi connectivity index (χ0) is 20.5. The zero-order valence-corrected chi connectivity index (χ0v) is 18.5. The highest BCUT2D eigenvalue weighted by molar-refractivity contribution is 7.89. The Labute approximate surface area is 170 Å². The number of carbonyl (C=O) groups is 1. The molecule has 1 aliphatic rings. The average Bonchev–Trinajstić information content (AvgIpc) is 3.20. The number of hydrogen-bond acceptors (Lipinski definition) is 5. The van der Waals surface area contributed by atoms with Gasteiger partial charge in [0.1, 0.15) is 16.4 Å². The molecule has 0 bridgehead atoms. The Balaban J connectivity index is 1.95. The van der Waals surface area contributed by atoms with Gasteiger partial charge < -0.3 is 9.47 Å². The van der Waals surface area contributed by atoms with Gasteiger partial charge in [0.15, 0.2) is 0 Å². The first kappa shape index (κ1) is 21.0. The molecule has 1 fully saturated rings. The maximum Gasteiger partial charge on any atom is 0.242 e. The number of likely N-dealkylation sites (tertiary alicyclic amines) is 1. The number of nitrogens with one attached hydrogen (secondary N) is 1. The minimum atomic E-state index is -3.70. The molecule has 0 radical (unpaired) electrons. The number of hydrogen-bond donors (Lipinski definition) is 1. The van der Waals surface area contributed by atoms with E-state index in [4.69, 9.17) is 0 Å². The van der Waals surface area contributed by atoms with Gasteiger partial charge >= 0.3 is 0 Å². The van der Waals surface area contributed by atoms with Crippen LogP contribution in [0, 0.1) is 6.92 Å². The Morgan fingerprint density at radius 1 is 1.25 bits per heavy atom. The van der Waals surface area contributed by atoms with Crippen LogP contribution in [0.1, 0.15) is 45.7 Å². The van der Waals surface area contributed by atoms with E-state index in [1.165, 1.54) is 11.3 Å². The van der Waals surface area contributed by atoms with Crippen molar-refractivity contribution in [3.05, 3.63) is 23.3 Å². The van der Waals surface area contributed by atoms with Crippen molar-refractivity contribution in [2.24, 2.45) is 0 Å². The van der Waals surface area contributed by atoms with E-state index in [-0.39, 0.29) is 17.3 Å². The van der Waals surface area contributed by atoms with E-state index in [2.05, 4.69) is 9.71 Å². The first-order valence-corrected chi connectivity index (χ1v) is 11.9. The van der Waals surface area contributed by atoms with Gasteiger partial charge in [0.2, 0.25) is 15.9 Å². The van der Waals surface area contributed by atoms with E-state index in [0.29, 0.717) is 10.7 Å². The fourth-order valence-electron chi connectivity index (χ4n) is 3.26. The summed E-state index contributed by atoms with van der Waals surface area (Å²) in [5, 5.41) is 2.63. The standard InChI is InChI=1S/C19H28N4O3S2/c1-14-13-27-18(20-14)16-10-15(28(25,26)21-19(2,3)4)11-23(16)12-17(24)22-8-6-5-7-9-22/h10-11,13,21H,5-9,12H2,1-4H3. The molecule has 0 aromatic carbocycles. The summed E-state index contributed by atoms with van der Waals surface area (Å²) in [5.41, 5.74) is 0.924. The second kappa shape index (κ2) is 7.96. The molecule has 9 heteroatoms. The van der Waals surface area contributed by atoms with E-state index in [1.54, 1.807) is 37.6 Å². The number of aryl methyl sites for hydroxylation is 1. The summed E-state index contributed by atoms with van der Waals surface area (Å²) in [6, 6.07) is 1.61. The lowest BCUT2D eigenvalue weighted by atomic mass is 10.1. The largest absolute Gasteiger partial charge is 0.341 e. The molecule has 0 atom stereocenters. The highest BCUT2D eigenvalue weighted by Gasteiger charge is 2.26. The number of rotatable bonds is 5. The zero-order valence-electron chi connectivity index (χ0n) is 16.9. The van der Waals surface area contributed by atoms with Gasteiger partial charge in [-0.25, -0.2) is 18.1 Å². The molecule has 7 nitrogen and oxygen atoms in total. The Morgan fingerprint density at radius 3 is 2.50 bits per heavy atom. The summed E-state index contributed by atoms with van der Waals surface area (Å²) in [7, 11) is -3.70. The number of thiazole rings is 1. The fourth-order valence-corrected chi connectivity index (χ4v) is 5.55. The van der Waals surface area contributed by atoms with Gasteiger partial charge in [0, 0.05) is 35.9 Å². The molecule has 1 saturated heterocycles. The van der Waals surface area contributed by atoms with Crippen LogP contribution in [0.3, 0.4) is 0 Å². The average molecular weight is 425 g/mol. The quantitative estimate of drug-likeness (QED) is 0.800. The van der Waals surface area contributed by atoms with Crippen LogP contribution in [0.4, 0.5) is 0 Å². The van der Waals surface area contributed by atoms with E-state index in [0.717, 1.165) is 38.0 Å². The molecule has 1 amide bonds. The van der Waals surface area contributed by atoms with Crippen LogP contribution in [-0.4, -0.2) is 47.4 Å². The summed E-state index contributed by atoms with van der Waals surface area (Å²) in [4.78, 5) is 19.3. The molecule has 3 rings (SSSR count). The van der Waals surface area contributed by atoms with Crippen molar-refractivity contribution in [3.63, 3.8) is 0 Å². The topological polar surface area (TPSA) is 84.3 Å². The number of nitrogens with zero attached hydrogens (tertiary/aromatic N) is 3. The van der Waals surface area contributed by atoms with Crippen molar-refractivity contribution in [1.82, 2.24) is 19.2 Å². The monoisotopic (exact) mass is 424 g/mol. The van der Waals surface area contributed by atoms with Gasteiger partial charge in [-0.05, 0) is 53.0 Å². The maximum absolute atomic E-state index is 12.8. The second-order valence-corrected chi connectivity index (χ2v) is 10.8. The van der Waals surface area contributed by atoms with Crippen LogP contribution >= 0.6 is 11.3 Å². The normalized spacial score (nSPS) is 15.8. The smallest absolute Gasteiger partial charge is 0.242 e.